The third-order valence-electron chi connectivity index (χ3n) is 12.7. The highest BCUT2D eigenvalue weighted by atomic mass is 31.2. The maximum absolute atomic E-state index is 12.9. The van der Waals surface area contributed by atoms with Crippen molar-refractivity contribution in [1.82, 2.24) is 0 Å². The number of hydrogen-bond acceptors (Lipinski definition) is 10. The van der Waals surface area contributed by atoms with Gasteiger partial charge in [-0.1, -0.05) is 246 Å². The molecule has 0 bridgehead atoms. The van der Waals surface area contributed by atoms with Gasteiger partial charge in [0.2, 0.25) is 0 Å². The summed E-state index contributed by atoms with van der Waals surface area (Å²) in [5.41, 5.74) is 0. The van der Waals surface area contributed by atoms with E-state index in [1.165, 1.54) is 83.5 Å². The lowest BCUT2D eigenvalue weighted by molar-refractivity contribution is -0.161. The van der Waals surface area contributed by atoms with Gasteiger partial charge in [-0.2, -0.15) is 0 Å². The lowest BCUT2D eigenvalue weighted by Gasteiger charge is -2.21. The number of allylic oxidation sites excluding steroid dienone is 18. The first-order valence-corrected chi connectivity index (χ1v) is 32.3. The Balaban J connectivity index is 4.86. The molecule has 0 aromatic heterocycles. The highest BCUT2D eigenvalue weighted by molar-refractivity contribution is 7.47. The molecule has 0 aliphatic carbocycles. The molecule has 0 rings (SSSR count). The van der Waals surface area contributed by atoms with E-state index in [0.29, 0.717) is 25.7 Å². The van der Waals surface area contributed by atoms with Crippen molar-refractivity contribution >= 4 is 25.7 Å². The Morgan fingerprint density at radius 2 is 0.692 bits per heavy atom. The lowest BCUT2D eigenvalue weighted by atomic mass is 10.0. The molecule has 12 heteroatoms. The molecule has 11 nitrogen and oxygen atoms in total. The molecule has 0 aromatic carbocycles. The molecule has 446 valence electrons. The molecule has 2 N–H and O–H groups in total. The smallest absolute Gasteiger partial charge is 0.462 e. The minimum absolute atomic E-state index is 0.0355. The van der Waals surface area contributed by atoms with Crippen LogP contribution in [0, 0.1) is 0 Å². The van der Waals surface area contributed by atoms with Gasteiger partial charge in [0.25, 0.3) is 0 Å². The molecule has 0 aromatic rings. The van der Waals surface area contributed by atoms with Gasteiger partial charge in [0.05, 0.1) is 19.8 Å². The summed E-state index contributed by atoms with van der Waals surface area (Å²) in [7, 11) is -4.78. The Kier molecular flexibility index (Phi) is 56.3. The van der Waals surface area contributed by atoms with E-state index >= 15 is 0 Å². The predicted molar refractivity (Wildman–Crippen MR) is 325 cm³/mol. The van der Waals surface area contributed by atoms with Crippen molar-refractivity contribution < 1.29 is 52.2 Å². The number of phosphoric ester groups is 1. The second kappa shape index (κ2) is 59.3. The van der Waals surface area contributed by atoms with Crippen LogP contribution in [0.15, 0.2) is 109 Å². The van der Waals surface area contributed by atoms with E-state index in [1.807, 2.05) is 12.2 Å². The molecule has 0 amide bonds. The van der Waals surface area contributed by atoms with E-state index in [9.17, 15) is 28.9 Å². The van der Waals surface area contributed by atoms with Crippen LogP contribution < -0.4 is 0 Å². The summed E-state index contributed by atoms with van der Waals surface area (Å²) in [6.45, 7) is 4.41. The first kappa shape index (κ1) is 74.1. The van der Waals surface area contributed by atoms with Gasteiger partial charge in [0, 0.05) is 19.3 Å². The van der Waals surface area contributed by atoms with Crippen molar-refractivity contribution in [1.29, 1.82) is 0 Å². The zero-order chi connectivity index (χ0) is 56.9. The van der Waals surface area contributed by atoms with Crippen molar-refractivity contribution in [3.63, 3.8) is 0 Å². The summed E-state index contributed by atoms with van der Waals surface area (Å²) in [5, 5.41) is 9.83. The van der Waals surface area contributed by atoms with Gasteiger partial charge in [0.1, 0.15) is 12.7 Å². The third-order valence-corrected chi connectivity index (χ3v) is 13.6. The van der Waals surface area contributed by atoms with Crippen molar-refractivity contribution in [3.05, 3.63) is 109 Å². The van der Waals surface area contributed by atoms with Crippen molar-refractivity contribution in [2.45, 2.75) is 264 Å². The summed E-state index contributed by atoms with van der Waals surface area (Å²) in [6, 6.07) is 0. The number of aliphatic hydroxyl groups is 1. The van der Waals surface area contributed by atoms with E-state index < -0.39 is 57.8 Å². The van der Waals surface area contributed by atoms with Gasteiger partial charge in [-0.15, -0.1) is 0 Å². The van der Waals surface area contributed by atoms with Crippen LogP contribution in [0.1, 0.15) is 252 Å². The van der Waals surface area contributed by atoms with Gasteiger partial charge in [0.15, 0.2) is 6.10 Å². The molecule has 78 heavy (non-hydrogen) atoms. The fourth-order valence-corrected chi connectivity index (χ4v) is 8.82. The predicted octanol–water partition coefficient (Wildman–Crippen LogP) is 18.6. The van der Waals surface area contributed by atoms with Crippen LogP contribution in [0.25, 0.3) is 0 Å². The van der Waals surface area contributed by atoms with Gasteiger partial charge in [-0.05, 0) is 96.3 Å². The molecule has 0 heterocycles. The molecule has 3 atom stereocenters. The second-order valence-corrected chi connectivity index (χ2v) is 21.6. The summed E-state index contributed by atoms with van der Waals surface area (Å²) >= 11 is 0. The summed E-state index contributed by atoms with van der Waals surface area (Å²) < 4.78 is 39.5. The number of ether oxygens (including phenoxy) is 3. The lowest BCUT2D eigenvalue weighted by Crippen LogP contribution is -2.30. The van der Waals surface area contributed by atoms with Crippen molar-refractivity contribution in [3.8, 4) is 0 Å². The molecule has 0 spiro atoms. The number of hydrogen-bond donors (Lipinski definition) is 2. The monoisotopic (exact) mass is 1110 g/mol. The van der Waals surface area contributed by atoms with Crippen LogP contribution in [0.5, 0.6) is 0 Å². The van der Waals surface area contributed by atoms with Crippen LogP contribution >= 0.6 is 7.82 Å². The van der Waals surface area contributed by atoms with Crippen LogP contribution in [-0.2, 0) is 42.2 Å². The van der Waals surface area contributed by atoms with Crippen molar-refractivity contribution in [2.24, 2.45) is 0 Å². The van der Waals surface area contributed by atoms with Gasteiger partial charge < -0.3 is 24.2 Å². The Labute approximate surface area is 475 Å². The van der Waals surface area contributed by atoms with E-state index in [1.54, 1.807) is 0 Å². The van der Waals surface area contributed by atoms with Crippen LogP contribution in [0.2, 0.25) is 0 Å². The molecule has 3 unspecified atom stereocenters. The maximum Gasteiger partial charge on any atom is 0.472 e. The average Bonchev–Trinajstić information content (AvgIpc) is 3.43. The Bertz CT molecular complexity index is 1720. The van der Waals surface area contributed by atoms with Crippen molar-refractivity contribution in [2.75, 3.05) is 26.4 Å². The van der Waals surface area contributed by atoms with Gasteiger partial charge in [-0.3, -0.25) is 23.4 Å². The van der Waals surface area contributed by atoms with Gasteiger partial charge in [-0.25, -0.2) is 4.57 Å². The summed E-state index contributed by atoms with van der Waals surface area (Å²) in [4.78, 5) is 48.6. The number of phosphoric acid groups is 1. The molecular formula is C66H111O11P. The van der Waals surface area contributed by atoms with Crippen LogP contribution in [0.4, 0.5) is 0 Å². The number of carbonyl (C=O) groups excluding carboxylic acids is 3. The summed E-state index contributed by atoms with van der Waals surface area (Å²) in [6.07, 6.45) is 72.0. The highest BCUT2D eigenvalue weighted by Gasteiger charge is 2.28. The molecule has 0 fully saturated rings. The Morgan fingerprint density at radius 1 is 0.372 bits per heavy atom. The Hall–Kier alpha value is -3.86. The fourth-order valence-electron chi connectivity index (χ4n) is 8.04. The normalized spacial score (nSPS) is 14.1. The zero-order valence-corrected chi connectivity index (χ0v) is 50.2. The standard InChI is InChI=1S/C66H111O11P/c1-4-7-10-13-16-19-22-25-27-29-31-33-35-38-40-43-46-49-52-55-64(68)73-59-63(77-66(70)57-54-51-48-45-42-39-36-34-32-30-28-26-23-20-17-14-11-8-5-2)61-75-78(71,72)74-60-62(58-67)76-65(69)56-53-50-47-44-41-37-24-21-18-15-12-9-6-3/h8,11,16-17,19-20,25-28,31-34,39,42,48,51,62-63,67H,4-7,9-10,12-15,18,21-24,29-30,35-38,40-41,43-47,49-50,52-61H2,1-3H3,(H,71,72)/b11-8-,19-16-,20-17-,27-25-,28-26-,33-31-,34-32-,42-39-,51-48-. The van der Waals surface area contributed by atoms with E-state index in [-0.39, 0.29) is 25.9 Å². The minimum atomic E-state index is -4.78. The minimum Gasteiger partial charge on any atom is -0.462 e. The van der Waals surface area contributed by atoms with E-state index in [0.717, 1.165) is 103 Å². The number of aliphatic hydroxyl groups excluding tert-OH is 1. The fraction of sp³-hybridized carbons (Fsp3) is 0.682. The number of rotatable bonds is 56. The topological polar surface area (TPSA) is 155 Å². The zero-order valence-electron chi connectivity index (χ0n) is 49.3. The first-order valence-electron chi connectivity index (χ1n) is 30.8. The number of unbranched alkanes of at least 4 members (excludes halogenated alkanes) is 21. The maximum atomic E-state index is 12.9. The Morgan fingerprint density at radius 3 is 1.13 bits per heavy atom. The van der Waals surface area contributed by atoms with E-state index in [2.05, 4.69) is 118 Å². The molecule has 0 aliphatic heterocycles. The molecule has 0 radical (unpaired) electrons. The molecular weight excluding hydrogens is 1000 g/mol. The molecule has 0 saturated carbocycles. The SMILES string of the molecule is CC/C=C\C/C=C\C/C=C\C/C=C\C/C=C\C/C=C\CCC(=O)OC(COC(=O)CCCCCCCC/C=C\C/C=C\C/C=C\CCCCC)COP(=O)(O)OCC(CO)OC(=O)CCCCCCCCCCCCCCC. The number of esters is 3. The van der Waals surface area contributed by atoms with E-state index in [4.69, 9.17) is 23.3 Å². The molecule has 0 saturated heterocycles. The third kappa shape index (κ3) is 56.8. The van der Waals surface area contributed by atoms with Crippen LogP contribution in [0.3, 0.4) is 0 Å². The highest BCUT2D eigenvalue weighted by Crippen LogP contribution is 2.43. The largest absolute Gasteiger partial charge is 0.472 e. The van der Waals surface area contributed by atoms with Gasteiger partial charge >= 0.3 is 25.7 Å². The molecule has 0 aliphatic rings. The van der Waals surface area contributed by atoms with Crippen LogP contribution in [-0.4, -0.2) is 66.5 Å². The average molecular weight is 1110 g/mol. The second-order valence-electron chi connectivity index (χ2n) is 20.1. The quantitative estimate of drug-likeness (QED) is 0.0197. The summed E-state index contributed by atoms with van der Waals surface area (Å²) in [5.74, 6) is -1.58. The first-order chi connectivity index (χ1) is 38.2. The number of carbonyl (C=O) groups is 3.